The largest absolute Gasteiger partial charge is 0.376 e. The van der Waals surface area contributed by atoms with Crippen molar-refractivity contribution in [3.8, 4) is 0 Å². The molecule has 1 aromatic heterocycles. The smallest absolute Gasteiger partial charge is 0.244 e. The highest BCUT2D eigenvalue weighted by atomic mass is 32.2. The van der Waals surface area contributed by atoms with Gasteiger partial charge in [0.25, 0.3) is 0 Å². The van der Waals surface area contributed by atoms with E-state index in [2.05, 4.69) is 34.6 Å². The van der Waals surface area contributed by atoms with Crippen LogP contribution < -0.4 is 5.32 Å². The highest BCUT2D eigenvalue weighted by molar-refractivity contribution is 7.89. The van der Waals surface area contributed by atoms with Gasteiger partial charge in [-0.05, 0) is 55.7 Å². The molecule has 0 amide bonds. The molecule has 29 heavy (non-hydrogen) atoms. The number of nitrogens with zero attached hydrogens (tertiary/aromatic N) is 2. The topological polar surface area (TPSA) is 71.5 Å². The standard InChI is InChI=1S/C22H29N3O3S/c26-29(27,21-8-9-22(24-17-21)23-16-20-7-4-14-28-20)25-12-10-19(11-13-25)15-18-5-2-1-3-6-18/h1-3,5-6,8-9,17,19-20H,4,7,10-16H2,(H,23,24)/t20-/m0/s1. The maximum Gasteiger partial charge on any atom is 0.244 e. The third kappa shape index (κ3) is 5.15. The molecule has 7 heteroatoms. The summed E-state index contributed by atoms with van der Waals surface area (Å²) < 4.78 is 33.1. The molecule has 2 aliphatic rings. The molecule has 2 aliphatic heterocycles. The van der Waals surface area contributed by atoms with Crippen molar-refractivity contribution in [3.05, 3.63) is 54.2 Å². The summed E-state index contributed by atoms with van der Waals surface area (Å²) in [6.07, 6.45) is 6.63. The number of hydrogen-bond acceptors (Lipinski definition) is 5. The van der Waals surface area contributed by atoms with Crippen molar-refractivity contribution in [1.82, 2.24) is 9.29 Å². The minimum Gasteiger partial charge on any atom is -0.376 e. The van der Waals surface area contributed by atoms with Crippen LogP contribution in [0.25, 0.3) is 0 Å². The van der Waals surface area contributed by atoms with E-state index in [1.165, 1.54) is 11.8 Å². The molecule has 4 rings (SSSR count). The fraction of sp³-hybridized carbons (Fsp3) is 0.500. The van der Waals surface area contributed by atoms with Crippen molar-refractivity contribution in [2.75, 3.05) is 31.6 Å². The second-order valence-electron chi connectivity index (χ2n) is 7.93. The Hall–Kier alpha value is -1.96. The highest BCUT2D eigenvalue weighted by Gasteiger charge is 2.29. The molecule has 0 radical (unpaired) electrons. The van der Waals surface area contributed by atoms with Gasteiger partial charge in [-0.2, -0.15) is 4.31 Å². The summed E-state index contributed by atoms with van der Waals surface area (Å²) in [6.45, 7) is 2.66. The van der Waals surface area contributed by atoms with Crippen LogP contribution in [0.4, 0.5) is 5.82 Å². The van der Waals surface area contributed by atoms with Crippen LogP contribution >= 0.6 is 0 Å². The third-order valence-electron chi connectivity index (χ3n) is 5.85. The molecular formula is C22H29N3O3S. The maximum absolute atomic E-state index is 13.0. The van der Waals surface area contributed by atoms with Gasteiger partial charge in [0, 0.05) is 32.4 Å². The van der Waals surface area contributed by atoms with Crippen LogP contribution in [0.2, 0.25) is 0 Å². The van der Waals surface area contributed by atoms with E-state index in [0.717, 1.165) is 38.7 Å². The molecule has 156 valence electrons. The molecular weight excluding hydrogens is 386 g/mol. The van der Waals surface area contributed by atoms with E-state index >= 15 is 0 Å². The van der Waals surface area contributed by atoms with Gasteiger partial charge in [-0.15, -0.1) is 0 Å². The van der Waals surface area contributed by atoms with Gasteiger partial charge in [0.15, 0.2) is 0 Å². The molecule has 3 heterocycles. The highest BCUT2D eigenvalue weighted by Crippen LogP contribution is 2.26. The molecule has 0 bridgehead atoms. The summed E-state index contributed by atoms with van der Waals surface area (Å²) in [4.78, 5) is 4.56. The predicted molar refractivity (Wildman–Crippen MR) is 113 cm³/mol. The van der Waals surface area contributed by atoms with Crippen LogP contribution in [0.5, 0.6) is 0 Å². The average molecular weight is 416 g/mol. The first kappa shape index (κ1) is 20.3. The van der Waals surface area contributed by atoms with E-state index in [1.807, 2.05) is 6.07 Å². The van der Waals surface area contributed by atoms with Crippen LogP contribution in [0, 0.1) is 5.92 Å². The normalized spacial score (nSPS) is 21.3. The fourth-order valence-corrected chi connectivity index (χ4v) is 5.53. The molecule has 1 N–H and O–H groups in total. The van der Waals surface area contributed by atoms with Gasteiger partial charge in [0.05, 0.1) is 6.10 Å². The number of benzene rings is 1. The Labute approximate surface area is 173 Å². The summed E-state index contributed by atoms with van der Waals surface area (Å²) in [5, 5.41) is 3.23. The van der Waals surface area contributed by atoms with Crippen LogP contribution in [0.15, 0.2) is 53.6 Å². The van der Waals surface area contributed by atoms with Crippen molar-refractivity contribution in [3.63, 3.8) is 0 Å². The van der Waals surface area contributed by atoms with Crippen LogP contribution in [0.3, 0.4) is 0 Å². The quantitative estimate of drug-likeness (QED) is 0.751. The lowest BCUT2D eigenvalue weighted by molar-refractivity contribution is 0.120. The zero-order chi connectivity index (χ0) is 20.1. The SMILES string of the molecule is O=S(=O)(c1ccc(NC[C@@H]2CCCO2)nc1)N1CCC(Cc2ccccc2)CC1. The first-order valence-electron chi connectivity index (χ1n) is 10.5. The number of pyridine rings is 1. The number of rotatable bonds is 7. The minimum absolute atomic E-state index is 0.220. The summed E-state index contributed by atoms with van der Waals surface area (Å²) in [5.74, 6) is 1.22. The van der Waals surface area contributed by atoms with Gasteiger partial charge < -0.3 is 10.1 Å². The van der Waals surface area contributed by atoms with E-state index in [-0.39, 0.29) is 11.0 Å². The van der Waals surface area contributed by atoms with Crippen LogP contribution in [-0.4, -0.2) is 50.1 Å². The van der Waals surface area contributed by atoms with Crippen LogP contribution in [-0.2, 0) is 21.2 Å². The predicted octanol–water partition coefficient (Wildman–Crippen LogP) is 3.32. The van der Waals surface area contributed by atoms with Crippen molar-refractivity contribution in [2.45, 2.75) is 43.1 Å². The molecule has 0 aliphatic carbocycles. The minimum atomic E-state index is -3.49. The zero-order valence-corrected chi connectivity index (χ0v) is 17.5. The molecule has 2 aromatic rings. The number of anilines is 1. The van der Waals surface area contributed by atoms with Gasteiger partial charge >= 0.3 is 0 Å². The lowest BCUT2D eigenvalue weighted by atomic mass is 9.91. The van der Waals surface area contributed by atoms with E-state index in [4.69, 9.17) is 4.74 Å². The first-order valence-corrected chi connectivity index (χ1v) is 11.9. The van der Waals surface area contributed by atoms with Gasteiger partial charge in [0.2, 0.25) is 10.0 Å². The molecule has 0 unspecified atom stereocenters. The Kier molecular flexibility index (Phi) is 6.47. The second-order valence-corrected chi connectivity index (χ2v) is 9.87. The monoisotopic (exact) mass is 415 g/mol. The fourth-order valence-electron chi connectivity index (χ4n) is 4.11. The maximum atomic E-state index is 13.0. The third-order valence-corrected chi connectivity index (χ3v) is 7.73. The summed E-state index contributed by atoms with van der Waals surface area (Å²) in [7, 11) is -3.49. The van der Waals surface area contributed by atoms with Gasteiger partial charge in [-0.3, -0.25) is 0 Å². The van der Waals surface area contributed by atoms with E-state index in [1.54, 1.807) is 16.4 Å². The number of sulfonamides is 1. The Bertz CT molecular complexity index is 873. The van der Waals surface area contributed by atoms with Gasteiger partial charge in [-0.25, -0.2) is 13.4 Å². The number of piperidine rings is 1. The molecule has 1 atom stereocenters. The summed E-state index contributed by atoms with van der Waals surface area (Å²) >= 11 is 0. The molecule has 6 nitrogen and oxygen atoms in total. The van der Waals surface area contributed by atoms with E-state index < -0.39 is 10.0 Å². The van der Waals surface area contributed by atoms with Crippen molar-refractivity contribution in [1.29, 1.82) is 0 Å². The number of ether oxygens (including phenoxy) is 1. The van der Waals surface area contributed by atoms with Crippen molar-refractivity contribution in [2.24, 2.45) is 5.92 Å². The average Bonchev–Trinajstić information content (AvgIpc) is 3.27. The second kappa shape index (κ2) is 9.24. The van der Waals surface area contributed by atoms with Crippen LogP contribution in [0.1, 0.15) is 31.2 Å². The number of aromatic nitrogens is 1. The zero-order valence-electron chi connectivity index (χ0n) is 16.7. The Morgan fingerprint density at radius 1 is 1.07 bits per heavy atom. The van der Waals surface area contributed by atoms with E-state index in [0.29, 0.717) is 31.4 Å². The number of hydrogen-bond donors (Lipinski definition) is 1. The molecule has 2 saturated heterocycles. The Balaban J connectivity index is 1.31. The Morgan fingerprint density at radius 2 is 1.86 bits per heavy atom. The Morgan fingerprint density at radius 3 is 2.52 bits per heavy atom. The summed E-state index contributed by atoms with van der Waals surface area (Å²) in [6, 6.07) is 13.8. The molecule has 0 saturated carbocycles. The lowest BCUT2D eigenvalue weighted by Gasteiger charge is -2.31. The van der Waals surface area contributed by atoms with Gasteiger partial charge in [0.1, 0.15) is 10.7 Å². The van der Waals surface area contributed by atoms with Crippen molar-refractivity contribution >= 4 is 15.8 Å². The van der Waals surface area contributed by atoms with E-state index in [9.17, 15) is 8.42 Å². The molecule has 0 spiro atoms. The first-order chi connectivity index (χ1) is 14.1. The van der Waals surface area contributed by atoms with Gasteiger partial charge in [-0.1, -0.05) is 30.3 Å². The molecule has 1 aromatic carbocycles. The summed E-state index contributed by atoms with van der Waals surface area (Å²) in [5.41, 5.74) is 1.32. The lowest BCUT2D eigenvalue weighted by Crippen LogP contribution is -2.38. The van der Waals surface area contributed by atoms with Crippen molar-refractivity contribution < 1.29 is 13.2 Å². The molecule has 2 fully saturated rings. The number of nitrogens with one attached hydrogen (secondary N) is 1.